The lowest BCUT2D eigenvalue weighted by Gasteiger charge is -2.21. The first kappa shape index (κ1) is 18.0. The summed E-state index contributed by atoms with van der Waals surface area (Å²) in [7, 11) is 0. The number of carboxylic acid groups (broad SMARTS) is 1. The van der Waals surface area contributed by atoms with E-state index in [0.29, 0.717) is 12.1 Å². The molecule has 1 atom stereocenters. The number of benzene rings is 1. The molecular formula is C15H17F3O4. The van der Waals surface area contributed by atoms with Crippen molar-refractivity contribution in [2.75, 3.05) is 0 Å². The number of esters is 1. The second kappa shape index (κ2) is 6.81. The Hall–Kier alpha value is -2.05. The number of carboxylic acids is 1. The maximum Gasteiger partial charge on any atom is 0.307 e. The van der Waals surface area contributed by atoms with Crippen LogP contribution in [-0.2, 0) is 20.7 Å². The molecule has 1 aromatic carbocycles. The van der Waals surface area contributed by atoms with Crippen LogP contribution in [-0.4, -0.2) is 22.6 Å². The lowest BCUT2D eigenvalue weighted by molar-refractivity contribution is -0.159. The van der Waals surface area contributed by atoms with E-state index >= 15 is 0 Å². The van der Waals surface area contributed by atoms with Gasteiger partial charge in [0.25, 0.3) is 0 Å². The number of hydrogen-bond acceptors (Lipinski definition) is 3. The van der Waals surface area contributed by atoms with Gasteiger partial charge >= 0.3 is 11.9 Å². The first-order valence-corrected chi connectivity index (χ1v) is 6.57. The Morgan fingerprint density at radius 3 is 2.32 bits per heavy atom. The summed E-state index contributed by atoms with van der Waals surface area (Å²) in [6.45, 7) is 4.84. The van der Waals surface area contributed by atoms with Gasteiger partial charge in [-0.1, -0.05) is 0 Å². The number of rotatable bonds is 5. The van der Waals surface area contributed by atoms with Gasteiger partial charge in [0.05, 0.1) is 12.3 Å². The van der Waals surface area contributed by atoms with E-state index in [0.717, 1.165) is 0 Å². The minimum absolute atomic E-state index is 0.364. The average Bonchev–Trinajstić information content (AvgIpc) is 2.31. The van der Waals surface area contributed by atoms with Crippen molar-refractivity contribution in [2.45, 2.75) is 39.2 Å². The molecule has 4 nitrogen and oxygen atoms in total. The fraction of sp³-hybridized carbons (Fsp3) is 0.467. The maximum absolute atomic E-state index is 13.6. The molecule has 0 aromatic heterocycles. The van der Waals surface area contributed by atoms with Gasteiger partial charge in [0.15, 0.2) is 11.6 Å². The highest BCUT2D eigenvalue weighted by molar-refractivity contribution is 5.79. The molecule has 1 N–H and O–H groups in total. The average molecular weight is 318 g/mol. The van der Waals surface area contributed by atoms with Gasteiger partial charge < -0.3 is 9.84 Å². The van der Waals surface area contributed by atoms with E-state index in [1.165, 1.54) is 0 Å². The monoisotopic (exact) mass is 318 g/mol. The van der Waals surface area contributed by atoms with Crippen molar-refractivity contribution in [3.63, 3.8) is 0 Å². The summed E-state index contributed by atoms with van der Waals surface area (Å²) in [6.07, 6.45) is -1.04. The molecule has 7 heteroatoms. The zero-order valence-electron chi connectivity index (χ0n) is 12.5. The van der Waals surface area contributed by atoms with Gasteiger partial charge in [-0.2, -0.15) is 0 Å². The Morgan fingerprint density at radius 2 is 1.82 bits per heavy atom. The molecule has 0 saturated heterocycles. The third kappa shape index (κ3) is 5.38. The lowest BCUT2D eigenvalue weighted by Crippen LogP contribution is -2.28. The molecule has 1 aromatic rings. The van der Waals surface area contributed by atoms with Gasteiger partial charge in [-0.3, -0.25) is 9.59 Å². The summed E-state index contributed by atoms with van der Waals surface area (Å²) in [5.74, 6) is -7.25. The molecule has 0 aliphatic carbocycles. The van der Waals surface area contributed by atoms with Gasteiger partial charge in [0.2, 0.25) is 0 Å². The summed E-state index contributed by atoms with van der Waals surface area (Å²) < 4.78 is 44.8. The zero-order chi connectivity index (χ0) is 17.1. The van der Waals surface area contributed by atoms with Crippen LogP contribution >= 0.6 is 0 Å². The van der Waals surface area contributed by atoms with Crippen molar-refractivity contribution in [3.05, 3.63) is 35.1 Å². The van der Waals surface area contributed by atoms with E-state index in [1.807, 2.05) is 0 Å². The molecule has 0 radical (unpaired) electrons. The molecular weight excluding hydrogens is 301 g/mol. The molecule has 0 spiro atoms. The molecule has 0 saturated carbocycles. The number of carbonyl (C=O) groups is 2. The fourth-order valence-electron chi connectivity index (χ4n) is 1.85. The first-order valence-electron chi connectivity index (χ1n) is 6.57. The van der Waals surface area contributed by atoms with Crippen LogP contribution in [0.1, 0.15) is 32.8 Å². The highest BCUT2D eigenvalue weighted by atomic mass is 19.2. The van der Waals surface area contributed by atoms with E-state index in [2.05, 4.69) is 0 Å². The van der Waals surface area contributed by atoms with Crippen molar-refractivity contribution in [3.8, 4) is 0 Å². The van der Waals surface area contributed by atoms with E-state index < -0.39 is 59.3 Å². The molecule has 0 fully saturated rings. The van der Waals surface area contributed by atoms with Gasteiger partial charge in [-0.15, -0.1) is 0 Å². The van der Waals surface area contributed by atoms with Crippen molar-refractivity contribution in [1.82, 2.24) is 0 Å². The minimum atomic E-state index is -1.41. The Labute approximate surface area is 125 Å². The second-order valence-electron chi connectivity index (χ2n) is 5.89. The number of hydrogen-bond donors (Lipinski definition) is 1. The number of carbonyl (C=O) groups excluding carboxylic acids is 1. The van der Waals surface area contributed by atoms with Crippen LogP contribution in [0.25, 0.3) is 0 Å². The van der Waals surface area contributed by atoms with E-state index in [1.54, 1.807) is 20.8 Å². The Bertz CT molecular complexity index is 579. The highest BCUT2D eigenvalue weighted by Crippen LogP contribution is 2.21. The predicted molar refractivity (Wildman–Crippen MR) is 71.6 cm³/mol. The molecule has 0 unspecified atom stereocenters. The molecule has 22 heavy (non-hydrogen) atoms. The molecule has 0 bridgehead atoms. The summed E-state index contributed by atoms with van der Waals surface area (Å²) in [5.41, 5.74) is -1.23. The Morgan fingerprint density at radius 1 is 1.23 bits per heavy atom. The van der Waals surface area contributed by atoms with Crippen molar-refractivity contribution >= 4 is 11.9 Å². The Balaban J connectivity index is 2.90. The minimum Gasteiger partial charge on any atom is -0.481 e. The van der Waals surface area contributed by atoms with Crippen LogP contribution in [0.15, 0.2) is 12.1 Å². The zero-order valence-corrected chi connectivity index (χ0v) is 12.5. The predicted octanol–water partition coefficient (Wildman–Crippen LogP) is 3.08. The summed E-state index contributed by atoms with van der Waals surface area (Å²) in [6, 6.07) is 1.08. The third-order valence-electron chi connectivity index (χ3n) is 2.72. The van der Waals surface area contributed by atoms with Gasteiger partial charge in [0.1, 0.15) is 11.4 Å². The normalized spacial score (nSPS) is 12.8. The maximum atomic E-state index is 13.6. The summed E-state index contributed by atoms with van der Waals surface area (Å²) in [5, 5.41) is 9.09. The number of aliphatic carboxylic acids is 1. The van der Waals surface area contributed by atoms with Crippen LogP contribution in [0.2, 0.25) is 0 Å². The van der Waals surface area contributed by atoms with E-state index in [-0.39, 0.29) is 0 Å². The summed E-state index contributed by atoms with van der Waals surface area (Å²) in [4.78, 5) is 22.8. The van der Waals surface area contributed by atoms with Crippen molar-refractivity contribution < 1.29 is 32.6 Å². The molecule has 0 aliphatic rings. The highest BCUT2D eigenvalue weighted by Gasteiger charge is 2.27. The van der Waals surface area contributed by atoms with Gasteiger partial charge in [0, 0.05) is 6.07 Å². The lowest BCUT2D eigenvalue weighted by atomic mass is 9.95. The van der Waals surface area contributed by atoms with Gasteiger partial charge in [-0.05, 0) is 38.8 Å². The standard InChI is InChI=1S/C15H17F3O4/c1-15(2,3)22-12(19)6-9(14(20)21)4-8-5-10(16)7-11(17)13(8)18/h5,7,9H,4,6H2,1-3H3,(H,20,21)/t9-/m1/s1. The van der Waals surface area contributed by atoms with E-state index in [4.69, 9.17) is 9.84 Å². The molecule has 1 rings (SSSR count). The Kier molecular flexibility index (Phi) is 5.57. The van der Waals surface area contributed by atoms with Crippen LogP contribution < -0.4 is 0 Å². The van der Waals surface area contributed by atoms with Crippen molar-refractivity contribution in [2.24, 2.45) is 5.92 Å². The molecule has 0 amide bonds. The van der Waals surface area contributed by atoms with Crippen LogP contribution in [0.4, 0.5) is 13.2 Å². The van der Waals surface area contributed by atoms with Crippen molar-refractivity contribution in [1.29, 1.82) is 0 Å². The molecule has 122 valence electrons. The van der Waals surface area contributed by atoms with E-state index in [9.17, 15) is 22.8 Å². The fourth-order valence-corrected chi connectivity index (χ4v) is 1.85. The first-order chi connectivity index (χ1) is 9.99. The third-order valence-corrected chi connectivity index (χ3v) is 2.72. The van der Waals surface area contributed by atoms with Gasteiger partial charge in [-0.25, -0.2) is 13.2 Å². The second-order valence-corrected chi connectivity index (χ2v) is 5.89. The molecule has 0 aliphatic heterocycles. The summed E-state index contributed by atoms with van der Waals surface area (Å²) >= 11 is 0. The molecule has 0 heterocycles. The largest absolute Gasteiger partial charge is 0.481 e. The van der Waals surface area contributed by atoms with Crippen LogP contribution in [0, 0.1) is 23.4 Å². The number of ether oxygens (including phenoxy) is 1. The number of halogens is 3. The smallest absolute Gasteiger partial charge is 0.307 e. The SMILES string of the molecule is CC(C)(C)OC(=O)C[C@@H](Cc1cc(F)cc(F)c1F)C(=O)O. The van der Waals surface area contributed by atoms with Crippen LogP contribution in [0.5, 0.6) is 0 Å². The topological polar surface area (TPSA) is 63.6 Å². The quantitative estimate of drug-likeness (QED) is 0.669. The van der Waals surface area contributed by atoms with Crippen LogP contribution in [0.3, 0.4) is 0 Å².